The highest BCUT2D eigenvalue weighted by Gasteiger charge is 2.29. The van der Waals surface area contributed by atoms with Gasteiger partial charge in [-0.15, -0.1) is 11.3 Å². The first-order chi connectivity index (χ1) is 8.32. The van der Waals surface area contributed by atoms with Crippen LogP contribution in [0.1, 0.15) is 35.7 Å². The van der Waals surface area contributed by atoms with E-state index in [1.807, 2.05) is 6.92 Å². The second-order valence-corrected chi connectivity index (χ2v) is 8.13. The van der Waals surface area contributed by atoms with E-state index in [1.54, 1.807) is 17.2 Å². The quantitative estimate of drug-likeness (QED) is 0.789. The molecule has 100 valence electrons. The van der Waals surface area contributed by atoms with E-state index < -0.39 is 9.05 Å². The summed E-state index contributed by atoms with van der Waals surface area (Å²) in [6, 6.07) is 0.216. The van der Waals surface area contributed by atoms with Crippen molar-refractivity contribution in [3.8, 4) is 0 Å². The summed E-state index contributed by atoms with van der Waals surface area (Å²) >= 11 is 1.00. The Labute approximate surface area is 115 Å². The van der Waals surface area contributed by atoms with E-state index in [2.05, 4.69) is 0 Å². The van der Waals surface area contributed by atoms with Gasteiger partial charge < -0.3 is 4.90 Å². The zero-order valence-corrected chi connectivity index (χ0v) is 12.5. The maximum Gasteiger partial charge on any atom is 0.271 e. The standard InChI is InChI=1S/C11H14ClNO3S2/c1-7-4-3-5-13(7)10(14)9-6-17-11(8(9)2)18(12,15)16/h6-7H,3-5H2,1-2H3. The van der Waals surface area contributed by atoms with Crippen LogP contribution in [0, 0.1) is 6.92 Å². The Bertz CT molecular complexity index is 579. The lowest BCUT2D eigenvalue weighted by Crippen LogP contribution is -2.33. The first kappa shape index (κ1) is 13.8. The van der Waals surface area contributed by atoms with E-state index in [-0.39, 0.29) is 16.2 Å². The zero-order chi connectivity index (χ0) is 13.5. The van der Waals surface area contributed by atoms with Gasteiger partial charge in [-0.25, -0.2) is 8.42 Å². The number of halogens is 1. The minimum atomic E-state index is -3.76. The summed E-state index contributed by atoms with van der Waals surface area (Å²) in [5.41, 5.74) is 0.909. The predicted molar refractivity (Wildman–Crippen MR) is 71.8 cm³/mol. The second kappa shape index (κ2) is 4.83. The summed E-state index contributed by atoms with van der Waals surface area (Å²) in [5.74, 6) is -0.0969. The second-order valence-electron chi connectivity index (χ2n) is 4.49. The molecule has 0 spiro atoms. The first-order valence-electron chi connectivity index (χ1n) is 5.66. The summed E-state index contributed by atoms with van der Waals surface area (Å²) in [6.45, 7) is 4.36. The molecule has 4 nitrogen and oxygen atoms in total. The monoisotopic (exact) mass is 307 g/mol. The van der Waals surface area contributed by atoms with Gasteiger partial charge in [0, 0.05) is 28.6 Å². The predicted octanol–water partition coefficient (Wildman–Crippen LogP) is 2.61. The van der Waals surface area contributed by atoms with Gasteiger partial charge in [0.25, 0.3) is 15.0 Å². The third-order valence-electron chi connectivity index (χ3n) is 3.26. The first-order valence-corrected chi connectivity index (χ1v) is 8.85. The van der Waals surface area contributed by atoms with Crippen molar-refractivity contribution in [1.82, 2.24) is 4.90 Å². The van der Waals surface area contributed by atoms with Crippen molar-refractivity contribution in [2.24, 2.45) is 0 Å². The molecule has 1 amide bonds. The van der Waals surface area contributed by atoms with E-state index in [1.165, 1.54) is 0 Å². The molecule has 0 bridgehead atoms. The Morgan fingerprint density at radius 2 is 2.22 bits per heavy atom. The van der Waals surface area contributed by atoms with Crippen molar-refractivity contribution in [2.45, 2.75) is 36.9 Å². The van der Waals surface area contributed by atoms with Crippen LogP contribution >= 0.6 is 22.0 Å². The number of rotatable bonds is 2. The van der Waals surface area contributed by atoms with Crippen molar-refractivity contribution in [2.75, 3.05) is 6.54 Å². The van der Waals surface area contributed by atoms with Crippen LogP contribution in [-0.4, -0.2) is 31.8 Å². The molecule has 0 radical (unpaired) electrons. The molecule has 1 aromatic rings. The fourth-order valence-electron chi connectivity index (χ4n) is 2.24. The van der Waals surface area contributed by atoms with Crippen LogP contribution < -0.4 is 0 Å². The maximum absolute atomic E-state index is 12.3. The van der Waals surface area contributed by atoms with Crippen LogP contribution in [0.3, 0.4) is 0 Å². The molecule has 0 N–H and O–H groups in total. The van der Waals surface area contributed by atoms with Crippen LogP contribution in [0.15, 0.2) is 9.59 Å². The fourth-order valence-corrected chi connectivity index (χ4v) is 4.78. The number of thiophene rings is 1. The van der Waals surface area contributed by atoms with Crippen molar-refractivity contribution in [1.29, 1.82) is 0 Å². The smallest absolute Gasteiger partial charge is 0.271 e. The maximum atomic E-state index is 12.3. The van der Waals surface area contributed by atoms with E-state index in [0.717, 1.165) is 30.7 Å². The molecule has 1 aliphatic heterocycles. The highest BCUT2D eigenvalue weighted by Crippen LogP contribution is 2.31. The number of hydrogen-bond donors (Lipinski definition) is 0. The van der Waals surface area contributed by atoms with E-state index in [4.69, 9.17) is 10.7 Å². The van der Waals surface area contributed by atoms with Crippen LogP contribution in [0.4, 0.5) is 0 Å². The van der Waals surface area contributed by atoms with Gasteiger partial charge in [0.15, 0.2) is 0 Å². The van der Waals surface area contributed by atoms with Crippen molar-refractivity contribution < 1.29 is 13.2 Å². The number of carbonyl (C=O) groups excluding carboxylic acids is 1. The number of likely N-dealkylation sites (tertiary alicyclic amines) is 1. The molecular weight excluding hydrogens is 294 g/mol. The lowest BCUT2D eigenvalue weighted by molar-refractivity contribution is 0.0747. The zero-order valence-electron chi connectivity index (χ0n) is 10.1. The molecule has 1 atom stereocenters. The van der Waals surface area contributed by atoms with Crippen LogP contribution in [0.5, 0.6) is 0 Å². The molecule has 0 aliphatic carbocycles. The highest BCUT2D eigenvalue weighted by atomic mass is 35.7. The van der Waals surface area contributed by atoms with Gasteiger partial charge in [-0.3, -0.25) is 4.79 Å². The molecule has 1 unspecified atom stereocenters. The Morgan fingerprint density at radius 3 is 2.67 bits per heavy atom. The average molecular weight is 308 g/mol. The average Bonchev–Trinajstić information content (AvgIpc) is 2.82. The molecule has 1 aliphatic rings. The molecule has 1 aromatic heterocycles. The Kier molecular flexibility index (Phi) is 3.71. The normalized spacial score (nSPS) is 20.4. The molecule has 1 fully saturated rings. The van der Waals surface area contributed by atoms with Crippen LogP contribution in [0.25, 0.3) is 0 Å². The summed E-state index contributed by atoms with van der Waals surface area (Å²) in [6.07, 6.45) is 1.99. The summed E-state index contributed by atoms with van der Waals surface area (Å²) < 4.78 is 22.7. The number of carbonyl (C=O) groups is 1. The van der Waals surface area contributed by atoms with Gasteiger partial charge in [-0.2, -0.15) is 0 Å². The molecule has 2 heterocycles. The van der Waals surface area contributed by atoms with Gasteiger partial charge in [0.2, 0.25) is 0 Å². The SMILES string of the molecule is Cc1c(C(=O)N2CCCC2C)csc1S(=O)(=O)Cl. The topological polar surface area (TPSA) is 54.5 Å². The van der Waals surface area contributed by atoms with Crippen molar-refractivity contribution >= 4 is 37.0 Å². The van der Waals surface area contributed by atoms with Crippen LogP contribution in [-0.2, 0) is 9.05 Å². The van der Waals surface area contributed by atoms with E-state index in [9.17, 15) is 13.2 Å². The summed E-state index contributed by atoms with van der Waals surface area (Å²) in [4.78, 5) is 14.1. The Balaban J connectivity index is 2.35. The number of hydrogen-bond acceptors (Lipinski definition) is 4. The van der Waals surface area contributed by atoms with Gasteiger partial charge in [-0.1, -0.05) is 0 Å². The molecule has 0 aromatic carbocycles. The number of nitrogens with zero attached hydrogens (tertiary/aromatic N) is 1. The molecule has 18 heavy (non-hydrogen) atoms. The molecule has 2 rings (SSSR count). The van der Waals surface area contributed by atoms with Crippen molar-refractivity contribution in [3.63, 3.8) is 0 Å². The Hall–Kier alpha value is -0.590. The fraction of sp³-hybridized carbons (Fsp3) is 0.545. The van der Waals surface area contributed by atoms with E-state index in [0.29, 0.717) is 11.1 Å². The van der Waals surface area contributed by atoms with Gasteiger partial charge in [0.1, 0.15) is 4.21 Å². The largest absolute Gasteiger partial charge is 0.336 e. The Morgan fingerprint density at radius 1 is 1.56 bits per heavy atom. The van der Waals surface area contributed by atoms with Gasteiger partial charge in [-0.05, 0) is 32.3 Å². The third kappa shape index (κ3) is 2.41. The lowest BCUT2D eigenvalue weighted by Gasteiger charge is -2.21. The van der Waals surface area contributed by atoms with Gasteiger partial charge >= 0.3 is 0 Å². The lowest BCUT2D eigenvalue weighted by atomic mass is 10.2. The minimum absolute atomic E-state index is 0.0689. The summed E-state index contributed by atoms with van der Waals surface area (Å²) in [7, 11) is 1.56. The third-order valence-corrected chi connectivity index (χ3v) is 6.57. The number of amides is 1. The molecule has 1 saturated heterocycles. The van der Waals surface area contributed by atoms with Crippen LogP contribution in [0.2, 0.25) is 0 Å². The molecule has 0 saturated carbocycles. The van der Waals surface area contributed by atoms with Crippen molar-refractivity contribution in [3.05, 3.63) is 16.5 Å². The highest BCUT2D eigenvalue weighted by molar-refractivity contribution is 8.15. The minimum Gasteiger partial charge on any atom is -0.336 e. The summed E-state index contributed by atoms with van der Waals surface area (Å²) in [5, 5.41) is 1.58. The molecule has 7 heteroatoms. The van der Waals surface area contributed by atoms with E-state index >= 15 is 0 Å². The molecular formula is C11H14ClNO3S2. The van der Waals surface area contributed by atoms with Gasteiger partial charge in [0.05, 0.1) is 5.56 Å².